The van der Waals surface area contributed by atoms with Crippen LogP contribution in [0.5, 0.6) is 5.75 Å². The van der Waals surface area contributed by atoms with Gasteiger partial charge in [-0.25, -0.2) is 0 Å². The fourth-order valence-electron chi connectivity index (χ4n) is 5.61. The van der Waals surface area contributed by atoms with Crippen molar-refractivity contribution in [2.45, 2.75) is 31.7 Å². The van der Waals surface area contributed by atoms with Gasteiger partial charge in [0.15, 0.2) is 0 Å². The maximum Gasteiger partial charge on any atom is 0.121 e. The van der Waals surface area contributed by atoms with Crippen molar-refractivity contribution in [3.05, 3.63) is 65.7 Å². The van der Waals surface area contributed by atoms with Gasteiger partial charge in [0.25, 0.3) is 0 Å². The first-order chi connectivity index (χ1) is 16.1. The molecule has 5 rings (SSSR count). The average Bonchev–Trinajstić information content (AvgIpc) is 3.47. The third-order valence-corrected chi connectivity index (χ3v) is 7.58. The van der Waals surface area contributed by atoms with Crippen LogP contribution in [-0.2, 0) is 11.2 Å². The van der Waals surface area contributed by atoms with Gasteiger partial charge in [-0.3, -0.25) is 0 Å². The molecule has 0 amide bonds. The Labute approximate surface area is 196 Å². The molecular formula is C27H34N4O2. The van der Waals surface area contributed by atoms with Crippen molar-refractivity contribution in [1.29, 1.82) is 0 Å². The number of ether oxygens (including phenoxy) is 2. The molecule has 0 unspecified atom stereocenters. The number of hydrogen-bond acceptors (Lipinski definition) is 6. The van der Waals surface area contributed by atoms with Gasteiger partial charge in [0.2, 0.25) is 0 Å². The summed E-state index contributed by atoms with van der Waals surface area (Å²) in [7, 11) is 1.69. The topological polar surface area (TPSA) is 72.1 Å². The van der Waals surface area contributed by atoms with E-state index in [4.69, 9.17) is 15.2 Å². The molecule has 0 saturated carbocycles. The van der Waals surface area contributed by atoms with Gasteiger partial charge >= 0.3 is 0 Å². The number of hydrogen-bond donors (Lipinski definition) is 2. The lowest BCUT2D eigenvalue weighted by molar-refractivity contribution is 0.146. The van der Waals surface area contributed by atoms with E-state index in [9.17, 15) is 0 Å². The van der Waals surface area contributed by atoms with Crippen LogP contribution in [0.4, 0.5) is 5.69 Å². The Kier molecular flexibility index (Phi) is 6.13. The monoisotopic (exact) mass is 446 g/mol. The highest BCUT2D eigenvalue weighted by atomic mass is 16.5. The van der Waals surface area contributed by atoms with Crippen molar-refractivity contribution in [1.82, 2.24) is 5.43 Å². The number of nitrogens with zero attached hydrogens (tertiary/aromatic N) is 2. The highest BCUT2D eigenvalue weighted by Crippen LogP contribution is 2.51. The molecular weight excluding hydrogens is 412 g/mol. The molecule has 33 heavy (non-hydrogen) atoms. The summed E-state index contributed by atoms with van der Waals surface area (Å²) in [6, 6.07) is 15.1. The molecule has 1 atom stereocenters. The van der Waals surface area contributed by atoms with Crippen molar-refractivity contribution >= 4 is 17.0 Å². The minimum Gasteiger partial charge on any atom is -0.491 e. The highest BCUT2D eigenvalue weighted by Gasteiger charge is 2.46. The number of allylic oxidation sites excluding steroid dienone is 1. The largest absolute Gasteiger partial charge is 0.491 e. The van der Waals surface area contributed by atoms with Crippen LogP contribution in [0.25, 0.3) is 5.57 Å². The van der Waals surface area contributed by atoms with Gasteiger partial charge in [-0.05, 0) is 53.5 Å². The van der Waals surface area contributed by atoms with E-state index in [0.717, 1.165) is 67.9 Å². The highest BCUT2D eigenvalue weighted by molar-refractivity contribution is 6.24. The summed E-state index contributed by atoms with van der Waals surface area (Å²) in [5, 5.41) is 4.46. The second-order valence-electron chi connectivity index (χ2n) is 9.42. The smallest absolute Gasteiger partial charge is 0.121 e. The Balaban J connectivity index is 1.38. The molecule has 6 nitrogen and oxygen atoms in total. The van der Waals surface area contributed by atoms with E-state index in [1.165, 1.54) is 16.8 Å². The number of piperidine rings is 1. The van der Waals surface area contributed by atoms with Crippen molar-refractivity contribution in [3.63, 3.8) is 0 Å². The number of fused-ring (bicyclic) bond motifs is 1. The van der Waals surface area contributed by atoms with E-state index in [-0.39, 0.29) is 11.5 Å². The van der Waals surface area contributed by atoms with Crippen LogP contribution in [0.1, 0.15) is 42.0 Å². The normalized spacial score (nSPS) is 21.0. The number of methoxy groups -OCH3 is 1. The Hall–Kier alpha value is -2.83. The lowest BCUT2D eigenvalue weighted by Gasteiger charge is -2.43. The number of rotatable bonds is 7. The Morgan fingerprint density at radius 3 is 2.76 bits per heavy atom. The molecule has 174 valence electrons. The quantitative estimate of drug-likeness (QED) is 0.631. The summed E-state index contributed by atoms with van der Waals surface area (Å²) in [4.78, 5) is 2.48. The average molecular weight is 447 g/mol. The number of anilines is 1. The predicted octanol–water partition coefficient (Wildman–Crippen LogP) is 3.92. The molecule has 1 aliphatic carbocycles. The summed E-state index contributed by atoms with van der Waals surface area (Å²) >= 11 is 0. The van der Waals surface area contributed by atoms with E-state index in [1.54, 1.807) is 7.11 Å². The SMILES string of the molecule is C=C(C1=NNCC1)c1ccc(OCCOC)cc1N1CCC2(CC1)Cc1ccccc1[C@H]2N. The van der Waals surface area contributed by atoms with Gasteiger partial charge in [0, 0.05) is 56.5 Å². The van der Waals surface area contributed by atoms with Crippen molar-refractivity contribution < 1.29 is 9.47 Å². The molecule has 2 aliphatic heterocycles. The molecule has 1 saturated heterocycles. The summed E-state index contributed by atoms with van der Waals surface area (Å²) in [5.41, 5.74) is 17.1. The predicted molar refractivity (Wildman–Crippen MR) is 134 cm³/mol. The second-order valence-corrected chi connectivity index (χ2v) is 9.42. The molecule has 1 spiro atoms. The zero-order valence-electron chi connectivity index (χ0n) is 19.5. The van der Waals surface area contributed by atoms with Crippen LogP contribution in [0.15, 0.2) is 54.1 Å². The molecule has 3 N–H and O–H groups in total. The van der Waals surface area contributed by atoms with Crippen LogP contribution in [0.2, 0.25) is 0 Å². The fourth-order valence-corrected chi connectivity index (χ4v) is 5.61. The minimum absolute atomic E-state index is 0.118. The molecule has 0 bridgehead atoms. The van der Waals surface area contributed by atoms with E-state index in [1.807, 2.05) is 6.07 Å². The third kappa shape index (κ3) is 4.13. The summed E-state index contributed by atoms with van der Waals surface area (Å²) < 4.78 is 11.1. The molecule has 2 aromatic carbocycles. The summed E-state index contributed by atoms with van der Waals surface area (Å²) in [6.45, 7) is 8.30. The van der Waals surface area contributed by atoms with Gasteiger partial charge in [-0.1, -0.05) is 30.8 Å². The lowest BCUT2D eigenvalue weighted by Crippen LogP contribution is -2.44. The van der Waals surface area contributed by atoms with Crippen molar-refractivity contribution in [2.75, 3.05) is 44.9 Å². The van der Waals surface area contributed by atoms with E-state index in [0.29, 0.717) is 13.2 Å². The zero-order chi connectivity index (χ0) is 22.8. The van der Waals surface area contributed by atoms with Crippen LogP contribution in [0.3, 0.4) is 0 Å². The molecule has 0 aromatic heterocycles. The van der Waals surface area contributed by atoms with Gasteiger partial charge in [-0.15, -0.1) is 0 Å². The van der Waals surface area contributed by atoms with Crippen molar-refractivity contribution in [2.24, 2.45) is 16.3 Å². The summed E-state index contributed by atoms with van der Waals surface area (Å²) in [5.74, 6) is 0.857. The van der Waals surface area contributed by atoms with E-state index in [2.05, 4.69) is 58.4 Å². The number of nitrogens with one attached hydrogen (secondary N) is 1. The molecule has 6 heteroatoms. The van der Waals surface area contributed by atoms with Gasteiger partial charge < -0.3 is 25.5 Å². The maximum absolute atomic E-state index is 6.81. The number of hydrazone groups is 1. The minimum atomic E-state index is 0.118. The summed E-state index contributed by atoms with van der Waals surface area (Å²) in [6.07, 6.45) is 4.14. The first-order valence-corrected chi connectivity index (χ1v) is 11.9. The first kappa shape index (κ1) is 22.0. The van der Waals surface area contributed by atoms with Gasteiger partial charge in [0.05, 0.1) is 12.3 Å². The second kappa shape index (κ2) is 9.20. The molecule has 3 aliphatic rings. The Morgan fingerprint density at radius 2 is 2.03 bits per heavy atom. The number of nitrogens with two attached hydrogens (primary N) is 1. The van der Waals surface area contributed by atoms with E-state index >= 15 is 0 Å². The maximum atomic E-state index is 6.81. The van der Waals surface area contributed by atoms with Crippen LogP contribution < -0.4 is 20.8 Å². The third-order valence-electron chi connectivity index (χ3n) is 7.58. The van der Waals surface area contributed by atoms with Crippen LogP contribution in [-0.4, -0.2) is 45.7 Å². The zero-order valence-corrected chi connectivity index (χ0v) is 19.5. The fraction of sp³-hybridized carbons (Fsp3) is 0.444. The van der Waals surface area contributed by atoms with Gasteiger partial charge in [-0.2, -0.15) is 5.10 Å². The van der Waals surface area contributed by atoms with Gasteiger partial charge in [0.1, 0.15) is 12.4 Å². The first-order valence-electron chi connectivity index (χ1n) is 11.9. The molecule has 2 aromatic rings. The number of benzene rings is 2. The standard InChI is InChI=1S/C27H34N4O2/c1-19(24-9-12-29-30-24)22-8-7-21(33-16-15-32-2)17-25(22)31-13-10-27(11-14-31)18-20-5-3-4-6-23(20)26(27)28/h3-8,17,26,29H,1,9-16,18,28H2,2H3/t26-/m1/s1. The van der Waals surface area contributed by atoms with Crippen LogP contribution >= 0.6 is 0 Å². The molecule has 2 heterocycles. The molecule has 1 fully saturated rings. The van der Waals surface area contributed by atoms with E-state index < -0.39 is 0 Å². The Bertz CT molecular complexity index is 1060. The Morgan fingerprint density at radius 1 is 1.21 bits per heavy atom. The molecule has 0 radical (unpaired) electrons. The van der Waals surface area contributed by atoms with Crippen LogP contribution in [0, 0.1) is 5.41 Å². The van der Waals surface area contributed by atoms with Crippen molar-refractivity contribution in [3.8, 4) is 5.75 Å². The lowest BCUT2D eigenvalue weighted by atomic mass is 9.73.